The molecule has 1 saturated heterocycles. The molecular formula is C16H23N4O2S+. The van der Waals surface area contributed by atoms with E-state index in [1.807, 2.05) is 40.6 Å². The van der Waals surface area contributed by atoms with E-state index in [2.05, 4.69) is 0 Å². The van der Waals surface area contributed by atoms with Crippen LogP contribution in [0.1, 0.15) is 12.8 Å². The number of aromatic nitrogens is 3. The number of piperidine rings is 1. The zero-order valence-corrected chi connectivity index (χ0v) is 14.3. The van der Waals surface area contributed by atoms with E-state index in [0.717, 1.165) is 54.5 Å². The topological polar surface area (TPSA) is 56.6 Å². The van der Waals surface area contributed by atoms with Gasteiger partial charge in [0.2, 0.25) is 4.77 Å². The molecule has 0 spiro atoms. The molecule has 3 rings (SSSR count). The molecule has 23 heavy (non-hydrogen) atoms. The van der Waals surface area contributed by atoms with E-state index < -0.39 is 0 Å². The van der Waals surface area contributed by atoms with Gasteiger partial charge in [-0.1, -0.05) is 0 Å². The fourth-order valence-electron chi connectivity index (χ4n) is 2.96. The molecule has 124 valence electrons. The van der Waals surface area contributed by atoms with Crippen LogP contribution in [-0.4, -0.2) is 45.8 Å². The van der Waals surface area contributed by atoms with Gasteiger partial charge in [0.1, 0.15) is 5.75 Å². The Labute approximate surface area is 140 Å². The van der Waals surface area contributed by atoms with Crippen LogP contribution in [-0.2, 0) is 13.7 Å². The molecule has 2 heterocycles. The van der Waals surface area contributed by atoms with E-state index in [1.54, 1.807) is 7.11 Å². The Morgan fingerprint density at radius 3 is 2.57 bits per heavy atom. The lowest BCUT2D eigenvalue weighted by atomic mass is 10.1. The van der Waals surface area contributed by atoms with Crippen molar-refractivity contribution in [2.24, 2.45) is 7.05 Å². The minimum Gasteiger partial charge on any atom is -0.497 e. The smallest absolute Gasteiger partial charge is 0.202 e. The maximum atomic E-state index is 9.62. The van der Waals surface area contributed by atoms with Crippen LogP contribution in [0, 0.1) is 4.77 Å². The number of ether oxygens (including phenoxy) is 1. The number of methoxy groups -OCH3 is 1. The number of nitrogens with zero attached hydrogens (tertiary/aromatic N) is 3. The highest BCUT2D eigenvalue weighted by atomic mass is 32.1. The third-order valence-corrected chi connectivity index (χ3v) is 4.91. The Kier molecular flexibility index (Phi) is 4.79. The summed E-state index contributed by atoms with van der Waals surface area (Å²) in [5.74, 6) is 1.68. The van der Waals surface area contributed by atoms with Crippen LogP contribution >= 0.6 is 12.2 Å². The van der Waals surface area contributed by atoms with Gasteiger partial charge in [-0.3, -0.25) is 0 Å². The maximum absolute atomic E-state index is 9.62. The molecule has 7 heteroatoms. The number of quaternary nitrogens is 1. The number of nitrogens with one attached hydrogen (secondary N) is 1. The van der Waals surface area contributed by atoms with Gasteiger partial charge in [-0.15, -0.1) is 5.10 Å². The SMILES string of the molecule is COc1ccc(-c2nn(C[NH+]3CCC(O)CC3)c(=S)n2C)cc1. The molecule has 1 aliphatic rings. The first-order valence-electron chi connectivity index (χ1n) is 7.88. The molecule has 0 radical (unpaired) electrons. The zero-order valence-electron chi connectivity index (χ0n) is 13.5. The fraction of sp³-hybridized carbons (Fsp3) is 0.500. The summed E-state index contributed by atoms with van der Waals surface area (Å²) in [6.45, 7) is 2.66. The monoisotopic (exact) mass is 335 g/mol. The predicted octanol–water partition coefficient (Wildman–Crippen LogP) is 0.624. The van der Waals surface area contributed by atoms with Gasteiger partial charge < -0.3 is 19.3 Å². The third kappa shape index (κ3) is 3.46. The van der Waals surface area contributed by atoms with Crippen molar-refractivity contribution < 1.29 is 14.7 Å². The van der Waals surface area contributed by atoms with Crippen molar-refractivity contribution in [2.45, 2.75) is 25.6 Å². The summed E-state index contributed by atoms with van der Waals surface area (Å²) in [7, 11) is 3.60. The molecule has 0 bridgehead atoms. The molecule has 1 aliphatic heterocycles. The molecule has 0 aliphatic carbocycles. The Bertz CT molecular complexity index is 715. The number of hydrogen-bond acceptors (Lipinski definition) is 4. The van der Waals surface area contributed by atoms with E-state index in [9.17, 15) is 5.11 Å². The minimum absolute atomic E-state index is 0.148. The number of likely N-dealkylation sites (tertiary alicyclic amines) is 1. The van der Waals surface area contributed by atoms with Crippen molar-refractivity contribution in [2.75, 3.05) is 20.2 Å². The lowest BCUT2D eigenvalue weighted by Gasteiger charge is -2.26. The third-order valence-electron chi connectivity index (χ3n) is 4.42. The Balaban J connectivity index is 1.81. The zero-order chi connectivity index (χ0) is 16.4. The van der Waals surface area contributed by atoms with Crippen LogP contribution in [0.25, 0.3) is 11.4 Å². The molecule has 0 amide bonds. The van der Waals surface area contributed by atoms with Crippen molar-refractivity contribution in [3.05, 3.63) is 29.0 Å². The predicted molar refractivity (Wildman–Crippen MR) is 90.0 cm³/mol. The first kappa shape index (κ1) is 16.2. The molecule has 1 fully saturated rings. The van der Waals surface area contributed by atoms with Crippen molar-refractivity contribution in [3.63, 3.8) is 0 Å². The van der Waals surface area contributed by atoms with E-state index in [0.29, 0.717) is 0 Å². The summed E-state index contributed by atoms with van der Waals surface area (Å²) < 4.78 is 9.74. The van der Waals surface area contributed by atoms with Crippen molar-refractivity contribution in [1.82, 2.24) is 14.3 Å². The molecule has 0 unspecified atom stereocenters. The molecule has 2 N–H and O–H groups in total. The van der Waals surface area contributed by atoms with Gasteiger partial charge in [-0.25, -0.2) is 0 Å². The second-order valence-electron chi connectivity index (χ2n) is 6.03. The number of hydrogen-bond donors (Lipinski definition) is 2. The Morgan fingerprint density at radius 1 is 1.30 bits per heavy atom. The van der Waals surface area contributed by atoms with Crippen molar-refractivity contribution in [3.8, 4) is 17.1 Å². The molecule has 6 nitrogen and oxygen atoms in total. The minimum atomic E-state index is -0.148. The van der Waals surface area contributed by atoms with Crippen LogP contribution < -0.4 is 9.64 Å². The summed E-state index contributed by atoms with van der Waals surface area (Å²) in [4.78, 5) is 1.41. The number of benzene rings is 1. The van der Waals surface area contributed by atoms with E-state index in [4.69, 9.17) is 22.1 Å². The lowest BCUT2D eigenvalue weighted by Crippen LogP contribution is -3.12. The lowest BCUT2D eigenvalue weighted by molar-refractivity contribution is -0.929. The normalized spacial score (nSPS) is 21.3. The number of aliphatic hydroxyl groups excluding tert-OH is 1. The largest absolute Gasteiger partial charge is 0.497 e. The van der Waals surface area contributed by atoms with Gasteiger partial charge in [0, 0.05) is 25.5 Å². The highest BCUT2D eigenvalue weighted by Crippen LogP contribution is 2.20. The standard InChI is InChI=1S/C16H22N4O2S/c1-18-15(12-3-5-14(22-2)6-4-12)17-20(16(18)23)11-19-9-7-13(21)8-10-19/h3-6,13,21H,7-11H2,1-2H3/p+1. The molecular weight excluding hydrogens is 312 g/mol. The first-order valence-corrected chi connectivity index (χ1v) is 8.29. The average Bonchev–Trinajstić information content (AvgIpc) is 2.85. The van der Waals surface area contributed by atoms with Gasteiger partial charge in [0.25, 0.3) is 0 Å². The molecule has 0 atom stereocenters. The highest BCUT2D eigenvalue weighted by Gasteiger charge is 2.21. The van der Waals surface area contributed by atoms with Crippen LogP contribution in [0.2, 0.25) is 0 Å². The molecule has 2 aromatic rings. The van der Waals surface area contributed by atoms with Gasteiger partial charge in [-0.05, 0) is 36.5 Å². The van der Waals surface area contributed by atoms with E-state index >= 15 is 0 Å². The van der Waals surface area contributed by atoms with Crippen LogP contribution in [0.15, 0.2) is 24.3 Å². The van der Waals surface area contributed by atoms with E-state index in [-0.39, 0.29) is 6.10 Å². The summed E-state index contributed by atoms with van der Waals surface area (Å²) in [6.07, 6.45) is 1.55. The van der Waals surface area contributed by atoms with Gasteiger partial charge in [0.05, 0.1) is 26.3 Å². The average molecular weight is 335 g/mol. The Hall–Kier alpha value is -1.70. The van der Waals surface area contributed by atoms with E-state index in [1.165, 1.54) is 4.90 Å². The highest BCUT2D eigenvalue weighted by molar-refractivity contribution is 7.71. The van der Waals surface area contributed by atoms with Crippen molar-refractivity contribution in [1.29, 1.82) is 0 Å². The number of aliphatic hydroxyl groups is 1. The van der Waals surface area contributed by atoms with Crippen LogP contribution in [0.3, 0.4) is 0 Å². The molecule has 1 aromatic carbocycles. The first-order chi connectivity index (χ1) is 11.1. The maximum Gasteiger partial charge on any atom is 0.202 e. The van der Waals surface area contributed by atoms with Crippen LogP contribution in [0.5, 0.6) is 5.75 Å². The summed E-state index contributed by atoms with van der Waals surface area (Å²) in [6, 6.07) is 7.83. The number of rotatable bonds is 4. The van der Waals surface area contributed by atoms with Gasteiger partial charge in [0.15, 0.2) is 12.5 Å². The fourth-order valence-corrected chi connectivity index (χ4v) is 3.15. The molecule has 1 aromatic heterocycles. The Morgan fingerprint density at radius 2 is 1.96 bits per heavy atom. The van der Waals surface area contributed by atoms with Gasteiger partial charge in [-0.2, -0.15) is 4.68 Å². The van der Waals surface area contributed by atoms with Crippen LogP contribution in [0.4, 0.5) is 0 Å². The van der Waals surface area contributed by atoms with Crippen molar-refractivity contribution >= 4 is 12.2 Å². The summed E-state index contributed by atoms with van der Waals surface area (Å²) in [5, 5.41) is 14.3. The summed E-state index contributed by atoms with van der Waals surface area (Å²) in [5.41, 5.74) is 1.02. The second-order valence-corrected chi connectivity index (χ2v) is 6.40. The quantitative estimate of drug-likeness (QED) is 0.805. The second kappa shape index (κ2) is 6.82. The summed E-state index contributed by atoms with van der Waals surface area (Å²) >= 11 is 5.53. The van der Waals surface area contributed by atoms with Gasteiger partial charge >= 0.3 is 0 Å². The molecule has 0 saturated carbocycles.